The number of nitrogens with zero attached hydrogens (tertiary/aromatic N) is 1. The fraction of sp³-hybridized carbons (Fsp3) is 0.462. The van der Waals surface area contributed by atoms with Crippen molar-refractivity contribution in [1.29, 1.82) is 5.26 Å². The summed E-state index contributed by atoms with van der Waals surface area (Å²) in [6, 6.07) is 2.18. The highest BCUT2D eigenvalue weighted by Gasteiger charge is 2.15. The van der Waals surface area contributed by atoms with Crippen molar-refractivity contribution >= 4 is 15.9 Å². The predicted octanol–water partition coefficient (Wildman–Crippen LogP) is 3.84. The Labute approximate surface area is 105 Å². The van der Waals surface area contributed by atoms with E-state index in [2.05, 4.69) is 35.8 Å². The number of hydrogen-bond donors (Lipinski definition) is 0. The van der Waals surface area contributed by atoms with E-state index in [4.69, 9.17) is 10.00 Å². The van der Waals surface area contributed by atoms with E-state index in [0.29, 0.717) is 6.42 Å². The van der Waals surface area contributed by atoms with Crippen molar-refractivity contribution in [3.05, 3.63) is 26.7 Å². The summed E-state index contributed by atoms with van der Waals surface area (Å²) in [5, 5.41) is 8.67. The van der Waals surface area contributed by atoms with Gasteiger partial charge in [0.05, 0.1) is 13.2 Å². The van der Waals surface area contributed by atoms with Gasteiger partial charge in [0.2, 0.25) is 0 Å². The van der Waals surface area contributed by atoms with Crippen LogP contribution in [-0.2, 0) is 6.42 Å². The summed E-state index contributed by atoms with van der Waals surface area (Å²) in [4.78, 5) is 0. The van der Waals surface area contributed by atoms with Gasteiger partial charge in [0.1, 0.15) is 5.75 Å². The van der Waals surface area contributed by atoms with Crippen molar-refractivity contribution in [3.8, 4) is 11.8 Å². The Morgan fingerprint density at radius 3 is 2.31 bits per heavy atom. The zero-order valence-electron chi connectivity index (χ0n) is 10.1. The first-order valence-electron chi connectivity index (χ1n) is 5.23. The molecule has 0 fully saturated rings. The van der Waals surface area contributed by atoms with Crippen molar-refractivity contribution in [2.45, 2.75) is 33.6 Å². The molecule has 0 unspecified atom stereocenters. The van der Waals surface area contributed by atoms with Gasteiger partial charge in [-0.05, 0) is 49.4 Å². The average molecular weight is 282 g/mol. The maximum absolute atomic E-state index is 8.67. The summed E-state index contributed by atoms with van der Waals surface area (Å²) in [6.45, 7) is 6.18. The Hall–Kier alpha value is -1.01. The van der Waals surface area contributed by atoms with Crippen molar-refractivity contribution in [2.24, 2.45) is 0 Å². The molecular formula is C13H16BrNO. The molecule has 0 saturated heterocycles. The van der Waals surface area contributed by atoms with E-state index in [1.807, 2.05) is 6.92 Å². The quantitative estimate of drug-likeness (QED) is 0.843. The molecule has 3 heteroatoms. The largest absolute Gasteiger partial charge is 0.496 e. The molecule has 0 radical (unpaired) electrons. The lowest BCUT2D eigenvalue weighted by Gasteiger charge is -2.18. The van der Waals surface area contributed by atoms with E-state index in [1.165, 1.54) is 11.1 Å². The Morgan fingerprint density at radius 1 is 1.19 bits per heavy atom. The van der Waals surface area contributed by atoms with Crippen LogP contribution in [0.3, 0.4) is 0 Å². The zero-order valence-corrected chi connectivity index (χ0v) is 11.7. The van der Waals surface area contributed by atoms with Gasteiger partial charge in [0, 0.05) is 10.9 Å². The van der Waals surface area contributed by atoms with Crippen LogP contribution in [0.25, 0.3) is 0 Å². The number of nitriles is 1. The third kappa shape index (κ3) is 2.22. The highest BCUT2D eigenvalue weighted by Crippen LogP contribution is 2.36. The van der Waals surface area contributed by atoms with Gasteiger partial charge < -0.3 is 4.74 Å². The van der Waals surface area contributed by atoms with E-state index in [1.54, 1.807) is 7.11 Å². The molecule has 0 N–H and O–H groups in total. The van der Waals surface area contributed by atoms with Crippen LogP contribution in [0.2, 0.25) is 0 Å². The second-order valence-electron chi connectivity index (χ2n) is 3.86. The van der Waals surface area contributed by atoms with Gasteiger partial charge in [0.25, 0.3) is 0 Å². The molecule has 2 nitrogen and oxygen atoms in total. The fourth-order valence-corrected chi connectivity index (χ4v) is 2.44. The van der Waals surface area contributed by atoms with Crippen LogP contribution in [0.5, 0.6) is 5.75 Å². The Bertz CT molecular complexity index is 446. The molecular weight excluding hydrogens is 266 g/mol. The lowest BCUT2D eigenvalue weighted by molar-refractivity contribution is 0.405. The molecule has 16 heavy (non-hydrogen) atoms. The van der Waals surface area contributed by atoms with Crippen molar-refractivity contribution in [1.82, 2.24) is 0 Å². The molecule has 0 atom stereocenters. The molecule has 0 heterocycles. The second-order valence-corrected chi connectivity index (χ2v) is 4.65. The van der Waals surface area contributed by atoms with Crippen LogP contribution in [0.15, 0.2) is 4.47 Å². The van der Waals surface area contributed by atoms with Gasteiger partial charge >= 0.3 is 0 Å². The molecule has 0 amide bonds. The summed E-state index contributed by atoms with van der Waals surface area (Å²) in [5.74, 6) is 0.924. The third-order valence-electron chi connectivity index (χ3n) is 2.98. The van der Waals surface area contributed by atoms with E-state index in [0.717, 1.165) is 27.8 Å². The maximum Gasteiger partial charge on any atom is 0.125 e. The maximum atomic E-state index is 8.67. The van der Waals surface area contributed by atoms with Gasteiger partial charge in [-0.1, -0.05) is 15.9 Å². The van der Waals surface area contributed by atoms with Crippen LogP contribution in [0.1, 0.15) is 28.7 Å². The molecule has 0 aliphatic rings. The zero-order chi connectivity index (χ0) is 12.3. The minimum absolute atomic E-state index is 0.520. The molecule has 0 spiro atoms. The van der Waals surface area contributed by atoms with Gasteiger partial charge in [0.15, 0.2) is 0 Å². The van der Waals surface area contributed by atoms with Crippen molar-refractivity contribution < 1.29 is 4.74 Å². The number of methoxy groups -OCH3 is 1. The van der Waals surface area contributed by atoms with Crippen LogP contribution >= 0.6 is 15.9 Å². The standard InChI is InChI=1S/C13H16BrNO/c1-8-9(2)13(16-4)11(6-5-7-15)10(3)12(8)14/h5-6H2,1-4H3. The summed E-state index contributed by atoms with van der Waals surface area (Å²) < 4.78 is 6.58. The molecule has 0 aromatic heterocycles. The van der Waals surface area contributed by atoms with Crippen LogP contribution < -0.4 is 4.74 Å². The van der Waals surface area contributed by atoms with E-state index >= 15 is 0 Å². The van der Waals surface area contributed by atoms with Gasteiger partial charge in [-0.25, -0.2) is 0 Å². The van der Waals surface area contributed by atoms with Crippen LogP contribution in [-0.4, -0.2) is 7.11 Å². The SMILES string of the molecule is COc1c(C)c(C)c(Br)c(C)c1CCC#N. The molecule has 86 valence electrons. The highest BCUT2D eigenvalue weighted by molar-refractivity contribution is 9.10. The predicted molar refractivity (Wildman–Crippen MR) is 68.8 cm³/mol. The first kappa shape index (κ1) is 13.1. The number of halogens is 1. The lowest BCUT2D eigenvalue weighted by atomic mass is 9.96. The van der Waals surface area contributed by atoms with E-state index < -0.39 is 0 Å². The molecule has 0 saturated carbocycles. The highest BCUT2D eigenvalue weighted by atomic mass is 79.9. The third-order valence-corrected chi connectivity index (χ3v) is 4.17. The molecule has 0 bridgehead atoms. The average Bonchev–Trinajstić information content (AvgIpc) is 2.29. The molecule has 1 rings (SSSR count). The minimum atomic E-state index is 0.520. The van der Waals surface area contributed by atoms with Crippen LogP contribution in [0, 0.1) is 32.1 Å². The van der Waals surface area contributed by atoms with E-state index in [9.17, 15) is 0 Å². The summed E-state index contributed by atoms with van der Waals surface area (Å²) in [7, 11) is 1.69. The van der Waals surface area contributed by atoms with Gasteiger partial charge in [-0.15, -0.1) is 0 Å². The Morgan fingerprint density at radius 2 is 1.81 bits per heavy atom. The summed E-state index contributed by atoms with van der Waals surface area (Å²) in [5.41, 5.74) is 4.66. The monoisotopic (exact) mass is 281 g/mol. The lowest BCUT2D eigenvalue weighted by Crippen LogP contribution is -2.01. The second kappa shape index (κ2) is 5.36. The normalized spacial score (nSPS) is 10.0. The number of rotatable bonds is 3. The summed E-state index contributed by atoms with van der Waals surface area (Å²) >= 11 is 3.60. The van der Waals surface area contributed by atoms with Crippen molar-refractivity contribution in [3.63, 3.8) is 0 Å². The Kier molecular flexibility index (Phi) is 4.37. The molecule has 0 aliphatic carbocycles. The number of ether oxygens (including phenoxy) is 1. The van der Waals surface area contributed by atoms with Gasteiger partial charge in [-0.2, -0.15) is 5.26 Å². The molecule has 1 aromatic rings. The molecule has 1 aromatic carbocycles. The Balaban J connectivity index is 3.40. The first-order chi connectivity index (χ1) is 7.54. The van der Waals surface area contributed by atoms with Crippen molar-refractivity contribution in [2.75, 3.05) is 7.11 Å². The summed E-state index contributed by atoms with van der Waals surface area (Å²) in [6.07, 6.45) is 1.26. The number of hydrogen-bond acceptors (Lipinski definition) is 2. The fourth-order valence-electron chi connectivity index (χ4n) is 1.90. The number of benzene rings is 1. The van der Waals surface area contributed by atoms with E-state index in [-0.39, 0.29) is 0 Å². The first-order valence-corrected chi connectivity index (χ1v) is 6.03. The van der Waals surface area contributed by atoms with Crippen LogP contribution in [0.4, 0.5) is 0 Å². The molecule has 0 aliphatic heterocycles. The topological polar surface area (TPSA) is 33.0 Å². The minimum Gasteiger partial charge on any atom is -0.496 e. The smallest absolute Gasteiger partial charge is 0.125 e. The van der Waals surface area contributed by atoms with Gasteiger partial charge in [-0.3, -0.25) is 0 Å².